The van der Waals surface area contributed by atoms with E-state index >= 15 is 0 Å². The smallest absolute Gasteiger partial charge is 0.263 e. The average molecular weight is 743 g/mol. The molecule has 0 spiro atoms. The van der Waals surface area contributed by atoms with E-state index in [9.17, 15) is 18.4 Å². The largest absolute Gasteiger partial charge is 1.00 e. The summed E-state index contributed by atoms with van der Waals surface area (Å²) in [6.07, 6.45) is 9.81. The van der Waals surface area contributed by atoms with Gasteiger partial charge in [-0.2, -0.15) is 0 Å². The molecule has 1 aliphatic rings. The first-order valence-electron chi connectivity index (χ1n) is 16.8. The first kappa shape index (κ1) is 37.9. The molecule has 1 fully saturated rings. The number of rotatable bonds is 15. The zero-order chi connectivity index (χ0) is 34.3. The van der Waals surface area contributed by atoms with Gasteiger partial charge in [0.1, 0.15) is 34.4 Å². The highest BCUT2D eigenvalue weighted by Crippen LogP contribution is 2.30. The van der Waals surface area contributed by atoms with Crippen molar-refractivity contribution in [3.05, 3.63) is 88.2 Å². The van der Waals surface area contributed by atoms with Crippen LogP contribution in [-0.2, 0) is 0 Å². The van der Waals surface area contributed by atoms with Gasteiger partial charge >= 0.3 is 0 Å². The van der Waals surface area contributed by atoms with Crippen LogP contribution < -0.4 is 41.5 Å². The average Bonchev–Trinajstić information content (AvgIpc) is 3.51. The number of hydrogen-bond donors (Lipinski definition) is 0. The Bertz CT molecular complexity index is 1770. The van der Waals surface area contributed by atoms with Crippen molar-refractivity contribution in [3.8, 4) is 22.9 Å². The van der Waals surface area contributed by atoms with Crippen molar-refractivity contribution in [3.63, 3.8) is 0 Å². The van der Waals surface area contributed by atoms with E-state index in [1.165, 1.54) is 81.5 Å². The minimum atomic E-state index is -0.823. The van der Waals surface area contributed by atoms with Gasteiger partial charge in [0.25, 0.3) is 5.91 Å². The summed E-state index contributed by atoms with van der Waals surface area (Å²) in [7, 11) is 5.45. The molecule has 0 aliphatic carbocycles. The standard InChI is InChI=1S/C38H46F2N3O5.BrH/c1-5-41(29-20-27(39)19-28(40)21-29)38(45)35-26-42(30-22-32(46-3)24-33(23-30)47-4)36-25-31(13-14-34(36)37(35)44)48-18-12-8-6-7-9-15-43(2)16-10-11-17-43;/h13-14,19-26H,5-12,15-18H2,1-4H3;1H/q+1;/p-1. The molecule has 5 rings (SSSR count). The van der Waals surface area contributed by atoms with Crippen molar-refractivity contribution in [1.82, 2.24) is 4.57 Å². The second kappa shape index (κ2) is 17.1. The number of carbonyl (C=O) groups is 1. The van der Waals surface area contributed by atoms with E-state index in [1.54, 1.807) is 47.9 Å². The van der Waals surface area contributed by atoms with E-state index in [4.69, 9.17) is 14.2 Å². The molecule has 4 aromatic rings. The fraction of sp³-hybridized carbons (Fsp3) is 0.421. The summed E-state index contributed by atoms with van der Waals surface area (Å²) < 4.78 is 48.3. The van der Waals surface area contributed by atoms with Gasteiger partial charge in [0.2, 0.25) is 5.43 Å². The number of ether oxygens (including phenoxy) is 3. The molecule has 1 saturated heterocycles. The van der Waals surface area contributed by atoms with Crippen molar-refractivity contribution in [2.75, 3.05) is 59.0 Å². The number of unbranched alkanes of at least 4 members (excludes halogenated alkanes) is 4. The third-order valence-electron chi connectivity index (χ3n) is 9.30. The lowest BCUT2D eigenvalue weighted by Gasteiger charge is -2.29. The molecular formula is C38H46BrF2N3O5. The Hall–Kier alpha value is -3.96. The molecule has 264 valence electrons. The van der Waals surface area contributed by atoms with Gasteiger partial charge in [-0.15, -0.1) is 0 Å². The van der Waals surface area contributed by atoms with E-state index in [2.05, 4.69) is 7.05 Å². The highest BCUT2D eigenvalue weighted by Gasteiger charge is 2.26. The third kappa shape index (κ3) is 9.19. The number of halogens is 3. The number of quaternary nitrogens is 1. The van der Waals surface area contributed by atoms with Crippen molar-refractivity contribution >= 4 is 22.5 Å². The van der Waals surface area contributed by atoms with Gasteiger partial charge in [-0.05, 0) is 50.5 Å². The number of likely N-dealkylation sites (tertiary alicyclic amines) is 1. The molecule has 49 heavy (non-hydrogen) atoms. The summed E-state index contributed by atoms with van der Waals surface area (Å²) >= 11 is 0. The zero-order valence-corrected chi connectivity index (χ0v) is 30.4. The van der Waals surface area contributed by atoms with Crippen LogP contribution >= 0.6 is 0 Å². The molecule has 0 atom stereocenters. The zero-order valence-electron chi connectivity index (χ0n) is 28.8. The number of anilines is 1. The van der Waals surface area contributed by atoms with Gasteiger partial charge in [0.05, 0.1) is 58.7 Å². The quantitative estimate of drug-likeness (QED) is 0.132. The van der Waals surface area contributed by atoms with Gasteiger partial charge in [-0.25, -0.2) is 8.78 Å². The first-order valence-corrected chi connectivity index (χ1v) is 16.8. The predicted octanol–water partition coefficient (Wildman–Crippen LogP) is 4.53. The van der Waals surface area contributed by atoms with Crippen LogP contribution in [0.3, 0.4) is 0 Å². The number of pyridine rings is 1. The second-order valence-corrected chi connectivity index (χ2v) is 12.8. The van der Waals surface area contributed by atoms with Crippen LogP contribution in [0.15, 0.2) is 65.6 Å². The van der Waals surface area contributed by atoms with Crippen LogP contribution in [0.2, 0.25) is 0 Å². The number of amides is 1. The fourth-order valence-electron chi connectivity index (χ4n) is 6.61. The second-order valence-electron chi connectivity index (χ2n) is 12.8. The lowest BCUT2D eigenvalue weighted by Crippen LogP contribution is -3.00. The lowest BCUT2D eigenvalue weighted by atomic mass is 10.1. The van der Waals surface area contributed by atoms with E-state index in [-0.39, 0.29) is 40.2 Å². The molecule has 0 N–H and O–H groups in total. The molecule has 11 heteroatoms. The van der Waals surface area contributed by atoms with Gasteiger partial charge in [-0.1, -0.05) is 12.8 Å². The van der Waals surface area contributed by atoms with Crippen LogP contribution in [0.5, 0.6) is 17.2 Å². The van der Waals surface area contributed by atoms with E-state index in [0.717, 1.165) is 31.0 Å². The normalized spacial score (nSPS) is 13.6. The maximum Gasteiger partial charge on any atom is 0.263 e. The molecule has 1 amide bonds. The Balaban J connectivity index is 0.00000541. The fourth-order valence-corrected chi connectivity index (χ4v) is 6.61. The maximum atomic E-state index is 14.1. The molecule has 1 aromatic heterocycles. The summed E-state index contributed by atoms with van der Waals surface area (Å²) in [5.74, 6) is -0.708. The third-order valence-corrected chi connectivity index (χ3v) is 9.30. The number of carbonyl (C=O) groups excluding carboxylic acids is 1. The molecular weight excluding hydrogens is 696 g/mol. The van der Waals surface area contributed by atoms with E-state index in [1.807, 2.05) is 0 Å². The Kier molecular flexibility index (Phi) is 13.2. The molecule has 0 bridgehead atoms. The SMILES string of the molecule is CCN(C(=O)c1cn(-c2cc(OC)cc(OC)c2)c2cc(OCCCCCCC[N+]3(C)CCCC3)ccc2c1=O)c1cc(F)cc(F)c1.[Br-]. The summed E-state index contributed by atoms with van der Waals surface area (Å²) in [5, 5.41) is 0.283. The summed E-state index contributed by atoms with van der Waals surface area (Å²) in [4.78, 5) is 29.0. The molecule has 8 nitrogen and oxygen atoms in total. The number of methoxy groups -OCH3 is 2. The number of nitrogens with zero attached hydrogens (tertiary/aromatic N) is 3. The molecule has 3 aromatic carbocycles. The molecule has 0 saturated carbocycles. The Morgan fingerprint density at radius 2 is 1.49 bits per heavy atom. The number of benzene rings is 3. The highest BCUT2D eigenvalue weighted by atomic mass is 79.9. The highest BCUT2D eigenvalue weighted by molar-refractivity contribution is 6.07. The van der Waals surface area contributed by atoms with E-state index < -0.39 is 23.0 Å². The van der Waals surface area contributed by atoms with Crippen molar-refractivity contribution in [2.24, 2.45) is 0 Å². The van der Waals surface area contributed by atoms with Crippen molar-refractivity contribution in [2.45, 2.75) is 51.9 Å². The Morgan fingerprint density at radius 3 is 2.12 bits per heavy atom. The van der Waals surface area contributed by atoms with Crippen LogP contribution in [0.4, 0.5) is 14.5 Å². The van der Waals surface area contributed by atoms with Gasteiger partial charge < -0.3 is 45.1 Å². The van der Waals surface area contributed by atoms with Gasteiger partial charge in [0.15, 0.2) is 0 Å². The maximum absolute atomic E-state index is 14.1. The van der Waals surface area contributed by atoms with Crippen LogP contribution in [0.25, 0.3) is 16.6 Å². The summed E-state index contributed by atoms with van der Waals surface area (Å²) in [6.45, 7) is 6.18. The van der Waals surface area contributed by atoms with Crippen molar-refractivity contribution in [1.29, 1.82) is 0 Å². The Labute approximate surface area is 297 Å². The minimum Gasteiger partial charge on any atom is -1.00 e. The molecule has 2 heterocycles. The number of aromatic nitrogens is 1. The van der Waals surface area contributed by atoms with Gasteiger partial charge in [-0.3, -0.25) is 9.59 Å². The summed E-state index contributed by atoms with van der Waals surface area (Å²) in [6, 6.07) is 13.3. The van der Waals surface area contributed by atoms with Crippen molar-refractivity contribution < 1.29 is 49.3 Å². The molecule has 0 unspecified atom stereocenters. The minimum absolute atomic E-state index is 0. The summed E-state index contributed by atoms with van der Waals surface area (Å²) in [5.41, 5.74) is 0.438. The number of fused-ring (bicyclic) bond motifs is 1. The predicted molar refractivity (Wildman–Crippen MR) is 185 cm³/mol. The van der Waals surface area contributed by atoms with Crippen LogP contribution in [-0.4, -0.2) is 69.0 Å². The number of hydrogen-bond acceptors (Lipinski definition) is 5. The Morgan fingerprint density at radius 1 is 0.857 bits per heavy atom. The lowest BCUT2D eigenvalue weighted by molar-refractivity contribution is -0.897. The van der Waals surface area contributed by atoms with Gasteiger partial charge in [0, 0.05) is 67.0 Å². The van der Waals surface area contributed by atoms with Crippen LogP contribution in [0, 0.1) is 11.6 Å². The van der Waals surface area contributed by atoms with E-state index in [0.29, 0.717) is 35.1 Å². The first-order chi connectivity index (χ1) is 23.1. The molecule has 1 aliphatic heterocycles. The monoisotopic (exact) mass is 741 g/mol. The topological polar surface area (TPSA) is 70.0 Å². The molecule has 0 radical (unpaired) electrons. The van der Waals surface area contributed by atoms with Crippen LogP contribution in [0.1, 0.15) is 62.2 Å².